The summed E-state index contributed by atoms with van der Waals surface area (Å²) in [6.45, 7) is 3.90. The second kappa shape index (κ2) is 5.75. The van der Waals surface area contributed by atoms with Crippen molar-refractivity contribution in [2.45, 2.75) is 19.1 Å². The highest BCUT2D eigenvalue weighted by atomic mass is 16.5. The normalized spacial score (nSPS) is 21.8. The molecule has 1 aliphatic rings. The van der Waals surface area contributed by atoms with Gasteiger partial charge >= 0.3 is 0 Å². The number of nitrogens with one attached hydrogen (secondary N) is 2. The third-order valence-corrected chi connectivity index (χ3v) is 2.76. The third kappa shape index (κ3) is 3.25. The van der Waals surface area contributed by atoms with Gasteiger partial charge in [-0.3, -0.25) is 9.78 Å². The Morgan fingerprint density at radius 3 is 3.24 bits per heavy atom. The van der Waals surface area contributed by atoms with Gasteiger partial charge in [0, 0.05) is 25.5 Å². The molecule has 5 nitrogen and oxygen atoms in total. The van der Waals surface area contributed by atoms with Crippen molar-refractivity contribution in [1.29, 1.82) is 0 Å². The fraction of sp³-hybridized carbons (Fsp3) is 0.500. The standard InChI is InChI=1S/C12H17N3O2/c1-9(10-3-2-4-13-7-10)15-12(16)11-8-14-5-6-17-11/h2-4,7,9,11,14H,5-6,8H2,1H3,(H,15,16). The van der Waals surface area contributed by atoms with Gasteiger partial charge in [-0.2, -0.15) is 0 Å². The van der Waals surface area contributed by atoms with E-state index in [9.17, 15) is 4.79 Å². The number of ether oxygens (including phenoxy) is 1. The molecule has 2 unspecified atom stereocenters. The van der Waals surface area contributed by atoms with Gasteiger partial charge in [0.25, 0.3) is 5.91 Å². The van der Waals surface area contributed by atoms with Crippen molar-refractivity contribution in [2.75, 3.05) is 19.7 Å². The summed E-state index contributed by atoms with van der Waals surface area (Å²) in [4.78, 5) is 15.9. The zero-order valence-corrected chi connectivity index (χ0v) is 9.85. The zero-order chi connectivity index (χ0) is 12.1. The summed E-state index contributed by atoms with van der Waals surface area (Å²) in [6.07, 6.45) is 3.08. The van der Waals surface area contributed by atoms with Crippen molar-refractivity contribution in [3.8, 4) is 0 Å². The highest BCUT2D eigenvalue weighted by molar-refractivity contribution is 5.81. The van der Waals surface area contributed by atoms with Crippen LogP contribution in [-0.2, 0) is 9.53 Å². The Morgan fingerprint density at radius 2 is 2.59 bits per heavy atom. The zero-order valence-electron chi connectivity index (χ0n) is 9.85. The average Bonchev–Trinajstić information content (AvgIpc) is 2.40. The van der Waals surface area contributed by atoms with Crippen LogP contribution in [0.25, 0.3) is 0 Å². The Bertz CT molecular complexity index is 363. The van der Waals surface area contributed by atoms with E-state index in [1.165, 1.54) is 0 Å². The minimum absolute atomic E-state index is 0.0540. The Morgan fingerprint density at radius 1 is 1.71 bits per heavy atom. The molecule has 2 rings (SSSR count). The van der Waals surface area contributed by atoms with Gasteiger partial charge in [-0.15, -0.1) is 0 Å². The molecule has 0 spiro atoms. The van der Waals surface area contributed by atoms with Crippen LogP contribution in [0.2, 0.25) is 0 Å². The molecule has 0 bridgehead atoms. The Kier molecular flexibility index (Phi) is 4.06. The number of hydrogen-bond donors (Lipinski definition) is 2. The van der Waals surface area contributed by atoms with Crippen LogP contribution in [0.15, 0.2) is 24.5 Å². The number of carbonyl (C=O) groups is 1. The molecule has 2 heterocycles. The molecule has 0 saturated carbocycles. The molecule has 1 aromatic rings. The van der Waals surface area contributed by atoms with Crippen LogP contribution >= 0.6 is 0 Å². The second-order valence-electron chi connectivity index (χ2n) is 4.08. The molecule has 1 aliphatic heterocycles. The molecule has 1 saturated heterocycles. The number of morpholine rings is 1. The van der Waals surface area contributed by atoms with Crippen LogP contribution in [-0.4, -0.2) is 36.7 Å². The Balaban J connectivity index is 1.89. The first kappa shape index (κ1) is 12.0. The van der Waals surface area contributed by atoms with Crippen LogP contribution in [0.1, 0.15) is 18.5 Å². The molecule has 0 radical (unpaired) electrons. The summed E-state index contributed by atoms with van der Waals surface area (Å²) in [5, 5.41) is 6.05. The summed E-state index contributed by atoms with van der Waals surface area (Å²) >= 11 is 0. The largest absolute Gasteiger partial charge is 0.366 e. The van der Waals surface area contributed by atoms with E-state index in [0.717, 1.165) is 12.1 Å². The van der Waals surface area contributed by atoms with E-state index in [1.807, 2.05) is 19.1 Å². The summed E-state index contributed by atoms with van der Waals surface area (Å²) in [5.74, 6) is -0.0754. The summed E-state index contributed by atoms with van der Waals surface area (Å²) in [7, 11) is 0. The van der Waals surface area contributed by atoms with Crippen molar-refractivity contribution in [2.24, 2.45) is 0 Å². The monoisotopic (exact) mass is 235 g/mol. The van der Waals surface area contributed by atoms with E-state index in [-0.39, 0.29) is 18.1 Å². The van der Waals surface area contributed by atoms with E-state index in [0.29, 0.717) is 13.2 Å². The number of hydrogen-bond acceptors (Lipinski definition) is 4. The average molecular weight is 235 g/mol. The van der Waals surface area contributed by atoms with Gasteiger partial charge < -0.3 is 15.4 Å². The van der Waals surface area contributed by atoms with Crippen LogP contribution in [0.5, 0.6) is 0 Å². The van der Waals surface area contributed by atoms with Gasteiger partial charge in [0.15, 0.2) is 0 Å². The predicted octanol–water partition coefficient (Wildman–Crippen LogP) is 0.247. The second-order valence-corrected chi connectivity index (χ2v) is 4.08. The first-order valence-corrected chi connectivity index (χ1v) is 5.80. The third-order valence-electron chi connectivity index (χ3n) is 2.76. The molecule has 1 amide bonds. The molecule has 1 fully saturated rings. The quantitative estimate of drug-likeness (QED) is 0.788. The Hall–Kier alpha value is -1.46. The molecule has 2 N–H and O–H groups in total. The minimum Gasteiger partial charge on any atom is -0.366 e. The SMILES string of the molecule is CC(NC(=O)C1CNCCO1)c1cccnc1. The fourth-order valence-corrected chi connectivity index (χ4v) is 1.76. The molecule has 5 heteroatoms. The first-order valence-electron chi connectivity index (χ1n) is 5.80. The number of carbonyl (C=O) groups excluding carboxylic acids is 1. The molecule has 1 aromatic heterocycles. The van der Waals surface area contributed by atoms with Crippen molar-refractivity contribution >= 4 is 5.91 Å². The van der Waals surface area contributed by atoms with Crippen molar-refractivity contribution in [3.05, 3.63) is 30.1 Å². The van der Waals surface area contributed by atoms with Crippen LogP contribution in [0, 0.1) is 0 Å². The van der Waals surface area contributed by atoms with E-state index >= 15 is 0 Å². The number of aromatic nitrogens is 1. The van der Waals surface area contributed by atoms with E-state index in [2.05, 4.69) is 15.6 Å². The van der Waals surface area contributed by atoms with Gasteiger partial charge in [-0.1, -0.05) is 6.07 Å². The first-order chi connectivity index (χ1) is 8.27. The molecule has 0 aliphatic carbocycles. The maximum atomic E-state index is 11.9. The molecular formula is C12H17N3O2. The summed E-state index contributed by atoms with van der Waals surface area (Å²) in [5.41, 5.74) is 0.990. The maximum Gasteiger partial charge on any atom is 0.250 e. The van der Waals surface area contributed by atoms with E-state index < -0.39 is 0 Å². The Labute approximate surface area is 101 Å². The van der Waals surface area contributed by atoms with Crippen LogP contribution in [0.4, 0.5) is 0 Å². The number of nitrogens with zero attached hydrogens (tertiary/aromatic N) is 1. The number of amides is 1. The van der Waals surface area contributed by atoms with Crippen molar-refractivity contribution < 1.29 is 9.53 Å². The molecular weight excluding hydrogens is 218 g/mol. The lowest BCUT2D eigenvalue weighted by molar-refractivity contribution is -0.134. The van der Waals surface area contributed by atoms with Gasteiger partial charge in [-0.25, -0.2) is 0 Å². The lowest BCUT2D eigenvalue weighted by Crippen LogP contribution is -2.48. The van der Waals surface area contributed by atoms with Crippen LogP contribution < -0.4 is 10.6 Å². The topological polar surface area (TPSA) is 63.2 Å². The molecule has 17 heavy (non-hydrogen) atoms. The fourth-order valence-electron chi connectivity index (χ4n) is 1.76. The van der Waals surface area contributed by atoms with Gasteiger partial charge in [0.2, 0.25) is 0 Å². The predicted molar refractivity (Wildman–Crippen MR) is 63.4 cm³/mol. The highest BCUT2D eigenvalue weighted by Gasteiger charge is 2.23. The minimum atomic E-state index is -0.386. The highest BCUT2D eigenvalue weighted by Crippen LogP contribution is 2.10. The summed E-state index contributed by atoms with van der Waals surface area (Å²) in [6, 6.07) is 3.75. The van der Waals surface area contributed by atoms with Crippen molar-refractivity contribution in [3.63, 3.8) is 0 Å². The van der Waals surface area contributed by atoms with Crippen molar-refractivity contribution in [1.82, 2.24) is 15.6 Å². The van der Waals surface area contributed by atoms with Crippen LogP contribution in [0.3, 0.4) is 0 Å². The molecule has 0 aromatic carbocycles. The van der Waals surface area contributed by atoms with Gasteiger partial charge in [0.05, 0.1) is 12.6 Å². The van der Waals surface area contributed by atoms with Gasteiger partial charge in [-0.05, 0) is 18.6 Å². The van der Waals surface area contributed by atoms with Gasteiger partial charge in [0.1, 0.15) is 6.10 Å². The smallest absolute Gasteiger partial charge is 0.250 e. The summed E-state index contributed by atoms with van der Waals surface area (Å²) < 4.78 is 5.39. The van der Waals surface area contributed by atoms with E-state index in [1.54, 1.807) is 12.4 Å². The molecule has 2 atom stereocenters. The van der Waals surface area contributed by atoms with E-state index in [4.69, 9.17) is 4.74 Å². The lowest BCUT2D eigenvalue weighted by Gasteiger charge is -2.24. The number of pyridine rings is 1. The maximum absolute atomic E-state index is 11.9. The molecule has 92 valence electrons. The lowest BCUT2D eigenvalue weighted by atomic mass is 10.1. The number of rotatable bonds is 3.